The van der Waals surface area contributed by atoms with E-state index in [1.165, 1.54) is 18.0 Å². The molecule has 74 valence electrons. The van der Waals surface area contributed by atoms with Crippen molar-refractivity contribution in [3.8, 4) is 0 Å². The number of rotatable bonds is 5. The Bertz CT molecular complexity index is 224. The second-order valence-corrected chi connectivity index (χ2v) is 4.48. The molecular weight excluding hydrogens is 184 g/mol. The molecular formula is C9H16N2OS. The van der Waals surface area contributed by atoms with Gasteiger partial charge in [0.25, 0.3) is 0 Å². The van der Waals surface area contributed by atoms with E-state index in [1.807, 2.05) is 0 Å². The van der Waals surface area contributed by atoms with Gasteiger partial charge in [-0.05, 0) is 23.9 Å². The Morgan fingerprint density at radius 1 is 1.46 bits per heavy atom. The van der Waals surface area contributed by atoms with Crippen LogP contribution in [0.2, 0.25) is 0 Å². The van der Waals surface area contributed by atoms with E-state index >= 15 is 0 Å². The van der Waals surface area contributed by atoms with E-state index in [4.69, 9.17) is 0 Å². The van der Waals surface area contributed by atoms with Crippen molar-refractivity contribution < 1.29 is 5.11 Å². The monoisotopic (exact) mass is 200 g/mol. The molecule has 13 heavy (non-hydrogen) atoms. The minimum absolute atomic E-state index is 0.362. The van der Waals surface area contributed by atoms with Crippen LogP contribution in [-0.4, -0.2) is 14.7 Å². The van der Waals surface area contributed by atoms with Crippen LogP contribution in [0.1, 0.15) is 44.1 Å². The van der Waals surface area contributed by atoms with Crippen molar-refractivity contribution in [1.82, 2.24) is 9.59 Å². The molecule has 0 bridgehead atoms. The van der Waals surface area contributed by atoms with Gasteiger partial charge in [-0.15, -0.1) is 5.10 Å². The third-order valence-electron chi connectivity index (χ3n) is 1.97. The number of aliphatic hydroxyl groups excluding tert-OH is 1. The highest BCUT2D eigenvalue weighted by molar-refractivity contribution is 7.05. The fourth-order valence-electron chi connectivity index (χ4n) is 1.18. The van der Waals surface area contributed by atoms with Gasteiger partial charge in [0.2, 0.25) is 0 Å². The normalized spacial score (nSPS) is 13.5. The molecule has 1 atom stereocenters. The summed E-state index contributed by atoms with van der Waals surface area (Å²) in [7, 11) is 0. The van der Waals surface area contributed by atoms with Crippen LogP contribution >= 0.6 is 11.5 Å². The molecule has 0 aliphatic rings. The molecule has 1 N–H and O–H groups in total. The first-order valence-electron chi connectivity index (χ1n) is 4.65. The van der Waals surface area contributed by atoms with E-state index < -0.39 is 0 Å². The largest absolute Gasteiger partial charge is 0.387 e. The number of nitrogens with zero attached hydrogens (tertiary/aromatic N) is 2. The molecule has 1 unspecified atom stereocenters. The van der Waals surface area contributed by atoms with Crippen LogP contribution in [0.25, 0.3) is 0 Å². The summed E-state index contributed by atoms with van der Waals surface area (Å²) in [6.45, 7) is 4.39. The highest BCUT2D eigenvalue weighted by Crippen LogP contribution is 2.21. The van der Waals surface area contributed by atoms with Gasteiger partial charge in [-0.25, -0.2) is 0 Å². The molecule has 1 aromatic heterocycles. The highest BCUT2D eigenvalue weighted by atomic mass is 32.1. The van der Waals surface area contributed by atoms with Crippen LogP contribution in [0.4, 0.5) is 0 Å². The van der Waals surface area contributed by atoms with E-state index in [0.29, 0.717) is 5.92 Å². The quantitative estimate of drug-likeness (QED) is 0.794. The fraction of sp³-hybridized carbons (Fsp3) is 0.778. The van der Waals surface area contributed by atoms with Crippen LogP contribution in [0, 0.1) is 5.92 Å². The van der Waals surface area contributed by atoms with Crippen molar-refractivity contribution in [3.63, 3.8) is 0 Å². The molecule has 0 spiro atoms. The summed E-state index contributed by atoms with van der Waals surface area (Å²) >= 11 is 1.28. The lowest BCUT2D eigenvalue weighted by atomic mass is 10.0. The average molecular weight is 200 g/mol. The lowest BCUT2D eigenvalue weighted by molar-refractivity contribution is 0.165. The maximum absolute atomic E-state index is 9.65. The summed E-state index contributed by atoms with van der Waals surface area (Å²) < 4.78 is 3.72. The topological polar surface area (TPSA) is 46.0 Å². The van der Waals surface area contributed by atoms with E-state index in [1.54, 1.807) is 6.20 Å². The zero-order chi connectivity index (χ0) is 9.68. The summed E-state index contributed by atoms with van der Waals surface area (Å²) in [6, 6.07) is 0. The summed E-state index contributed by atoms with van der Waals surface area (Å²) in [5.41, 5.74) is 0. The molecule has 0 radical (unpaired) electrons. The minimum Gasteiger partial charge on any atom is -0.387 e. The van der Waals surface area contributed by atoms with Crippen LogP contribution in [0.5, 0.6) is 0 Å². The maximum Gasteiger partial charge on any atom is 0.0914 e. The van der Waals surface area contributed by atoms with Gasteiger partial charge in [0.05, 0.1) is 17.2 Å². The first-order chi connectivity index (χ1) is 6.20. The Morgan fingerprint density at radius 3 is 2.77 bits per heavy atom. The number of hydrogen-bond acceptors (Lipinski definition) is 4. The summed E-state index contributed by atoms with van der Waals surface area (Å²) in [6.07, 6.45) is 4.34. The van der Waals surface area contributed by atoms with Gasteiger partial charge in [-0.2, -0.15) is 0 Å². The standard InChI is InChI=1S/C9H16N2OS/c1-7(2)4-3-5-8(12)9-6-10-11-13-9/h6-8,12H,3-5H2,1-2H3. The molecule has 0 amide bonds. The molecule has 0 fully saturated rings. The molecule has 0 saturated heterocycles. The van der Waals surface area contributed by atoms with Crippen molar-refractivity contribution >= 4 is 11.5 Å². The summed E-state index contributed by atoms with van der Waals surface area (Å²) in [5.74, 6) is 0.715. The van der Waals surface area contributed by atoms with Crippen LogP contribution in [0.15, 0.2) is 6.20 Å². The van der Waals surface area contributed by atoms with Crippen molar-refractivity contribution in [1.29, 1.82) is 0 Å². The van der Waals surface area contributed by atoms with Gasteiger partial charge >= 0.3 is 0 Å². The van der Waals surface area contributed by atoms with Gasteiger partial charge in [-0.1, -0.05) is 31.2 Å². The summed E-state index contributed by atoms with van der Waals surface area (Å²) in [5, 5.41) is 13.3. The van der Waals surface area contributed by atoms with Crippen LogP contribution in [0.3, 0.4) is 0 Å². The van der Waals surface area contributed by atoms with E-state index in [9.17, 15) is 5.11 Å². The maximum atomic E-state index is 9.65. The lowest BCUT2D eigenvalue weighted by Gasteiger charge is -2.08. The Labute approximate surface area is 83.0 Å². The molecule has 3 nitrogen and oxygen atoms in total. The van der Waals surface area contributed by atoms with Crippen LogP contribution < -0.4 is 0 Å². The first-order valence-corrected chi connectivity index (χ1v) is 5.43. The van der Waals surface area contributed by atoms with E-state index in [-0.39, 0.29) is 6.10 Å². The van der Waals surface area contributed by atoms with Gasteiger partial charge in [0.1, 0.15) is 0 Å². The second-order valence-electron chi connectivity index (χ2n) is 3.66. The molecule has 0 saturated carbocycles. The number of hydrogen-bond donors (Lipinski definition) is 1. The molecule has 1 aromatic rings. The zero-order valence-corrected chi connectivity index (χ0v) is 8.92. The zero-order valence-electron chi connectivity index (χ0n) is 8.10. The van der Waals surface area contributed by atoms with Gasteiger partial charge in [-0.3, -0.25) is 0 Å². The lowest BCUT2D eigenvalue weighted by Crippen LogP contribution is -1.96. The molecule has 0 aliphatic heterocycles. The van der Waals surface area contributed by atoms with Crippen molar-refractivity contribution in [2.45, 2.75) is 39.2 Å². The van der Waals surface area contributed by atoms with Gasteiger partial charge in [0, 0.05) is 0 Å². The molecule has 4 heteroatoms. The average Bonchev–Trinajstić information content (AvgIpc) is 2.55. The third kappa shape index (κ3) is 3.83. The summed E-state index contributed by atoms with van der Waals surface area (Å²) in [4.78, 5) is 0.878. The fourth-order valence-corrected chi connectivity index (χ4v) is 1.71. The second kappa shape index (κ2) is 5.29. The van der Waals surface area contributed by atoms with Crippen molar-refractivity contribution in [3.05, 3.63) is 11.1 Å². The smallest absolute Gasteiger partial charge is 0.0914 e. The number of aliphatic hydroxyl groups is 1. The highest BCUT2D eigenvalue weighted by Gasteiger charge is 2.09. The van der Waals surface area contributed by atoms with Crippen LogP contribution in [-0.2, 0) is 0 Å². The molecule has 1 rings (SSSR count). The van der Waals surface area contributed by atoms with Gasteiger partial charge in [0.15, 0.2) is 0 Å². The van der Waals surface area contributed by atoms with Crippen molar-refractivity contribution in [2.24, 2.45) is 5.92 Å². The Balaban J connectivity index is 2.22. The minimum atomic E-state index is -0.362. The van der Waals surface area contributed by atoms with Gasteiger partial charge < -0.3 is 5.11 Å². The predicted octanol–water partition coefficient (Wildman–Crippen LogP) is 2.40. The van der Waals surface area contributed by atoms with Crippen molar-refractivity contribution in [2.75, 3.05) is 0 Å². The molecule has 1 heterocycles. The first kappa shape index (κ1) is 10.6. The van der Waals surface area contributed by atoms with E-state index in [0.717, 1.165) is 17.7 Å². The molecule has 0 aliphatic carbocycles. The van der Waals surface area contributed by atoms with E-state index in [2.05, 4.69) is 23.4 Å². The predicted molar refractivity (Wildman–Crippen MR) is 53.6 cm³/mol. The third-order valence-corrected chi connectivity index (χ3v) is 2.73. The molecule has 0 aromatic carbocycles. The number of aromatic nitrogens is 2. The Morgan fingerprint density at radius 2 is 2.23 bits per heavy atom. The Hall–Kier alpha value is -0.480. The SMILES string of the molecule is CC(C)CCCC(O)c1cnns1. The Kier molecular flexibility index (Phi) is 4.32.